The van der Waals surface area contributed by atoms with Crippen LogP contribution in [0.1, 0.15) is 46.5 Å². The summed E-state index contributed by atoms with van der Waals surface area (Å²) in [7, 11) is 2.24. The van der Waals surface area contributed by atoms with Crippen LogP contribution < -0.4 is 0 Å². The Morgan fingerprint density at radius 3 is 2.84 bits per heavy atom. The average molecular weight is 270 g/mol. The van der Waals surface area contributed by atoms with Crippen LogP contribution in [0.5, 0.6) is 0 Å². The largest absolute Gasteiger partial charge is 0.376 e. The SMILES string of the molecule is CCCCN1CCOC(CCN(C)CC(C)CC)C1. The van der Waals surface area contributed by atoms with Gasteiger partial charge in [0.25, 0.3) is 0 Å². The standard InChI is InChI=1S/C16H34N2O/c1-5-7-9-18-11-12-19-16(14-18)8-10-17(4)13-15(3)6-2/h15-16H,5-14H2,1-4H3. The average Bonchev–Trinajstić information content (AvgIpc) is 2.43. The summed E-state index contributed by atoms with van der Waals surface area (Å²) in [5, 5.41) is 0. The van der Waals surface area contributed by atoms with E-state index in [0.717, 1.165) is 32.2 Å². The van der Waals surface area contributed by atoms with Crippen LogP contribution in [0, 0.1) is 5.92 Å². The van der Waals surface area contributed by atoms with Gasteiger partial charge in [-0.2, -0.15) is 0 Å². The molecule has 0 aliphatic carbocycles. The summed E-state index contributed by atoms with van der Waals surface area (Å²) in [4.78, 5) is 5.04. The van der Waals surface area contributed by atoms with Gasteiger partial charge in [-0.05, 0) is 32.4 Å². The molecule has 3 nitrogen and oxygen atoms in total. The first-order valence-electron chi connectivity index (χ1n) is 8.18. The van der Waals surface area contributed by atoms with Gasteiger partial charge in [-0.3, -0.25) is 4.90 Å². The first-order chi connectivity index (χ1) is 9.15. The maximum atomic E-state index is 5.90. The van der Waals surface area contributed by atoms with E-state index in [1.165, 1.54) is 38.8 Å². The molecule has 1 aliphatic heterocycles. The molecule has 0 radical (unpaired) electrons. The second-order valence-electron chi connectivity index (χ2n) is 6.21. The lowest BCUT2D eigenvalue weighted by Crippen LogP contribution is -2.44. The molecule has 1 fully saturated rings. The van der Waals surface area contributed by atoms with E-state index in [2.05, 4.69) is 37.6 Å². The highest BCUT2D eigenvalue weighted by Gasteiger charge is 2.20. The Bertz CT molecular complexity index is 223. The second kappa shape index (κ2) is 9.73. The molecule has 114 valence electrons. The quantitative estimate of drug-likeness (QED) is 0.641. The van der Waals surface area contributed by atoms with Gasteiger partial charge in [-0.1, -0.05) is 33.6 Å². The summed E-state index contributed by atoms with van der Waals surface area (Å²) in [6.07, 6.45) is 5.51. The molecule has 0 bridgehead atoms. The van der Waals surface area contributed by atoms with Gasteiger partial charge in [-0.15, -0.1) is 0 Å². The molecule has 1 heterocycles. The Hall–Kier alpha value is -0.120. The van der Waals surface area contributed by atoms with Gasteiger partial charge in [0.05, 0.1) is 12.7 Å². The lowest BCUT2D eigenvalue weighted by atomic mass is 10.1. The molecule has 0 aromatic rings. The van der Waals surface area contributed by atoms with E-state index < -0.39 is 0 Å². The molecule has 2 unspecified atom stereocenters. The minimum Gasteiger partial charge on any atom is -0.376 e. The van der Waals surface area contributed by atoms with Crippen LogP contribution in [0.4, 0.5) is 0 Å². The van der Waals surface area contributed by atoms with Crippen molar-refractivity contribution in [2.45, 2.75) is 52.6 Å². The fourth-order valence-electron chi connectivity index (χ4n) is 2.66. The van der Waals surface area contributed by atoms with Gasteiger partial charge < -0.3 is 9.64 Å². The van der Waals surface area contributed by atoms with Crippen molar-refractivity contribution < 1.29 is 4.74 Å². The zero-order chi connectivity index (χ0) is 14.1. The monoisotopic (exact) mass is 270 g/mol. The second-order valence-corrected chi connectivity index (χ2v) is 6.21. The third-order valence-electron chi connectivity index (χ3n) is 4.20. The first kappa shape index (κ1) is 16.9. The summed E-state index contributed by atoms with van der Waals surface area (Å²) in [6.45, 7) is 13.7. The van der Waals surface area contributed by atoms with Crippen molar-refractivity contribution in [1.29, 1.82) is 0 Å². The van der Waals surface area contributed by atoms with Crippen molar-refractivity contribution in [1.82, 2.24) is 9.80 Å². The summed E-state index contributed by atoms with van der Waals surface area (Å²) in [5.41, 5.74) is 0. The van der Waals surface area contributed by atoms with Crippen LogP contribution in [0.2, 0.25) is 0 Å². The zero-order valence-corrected chi connectivity index (χ0v) is 13.5. The Labute approximate surface area is 120 Å². The molecule has 1 saturated heterocycles. The lowest BCUT2D eigenvalue weighted by molar-refractivity contribution is -0.0353. The molecular weight excluding hydrogens is 236 g/mol. The predicted octanol–water partition coefficient (Wildman–Crippen LogP) is 2.86. The Kier molecular flexibility index (Phi) is 8.67. The molecule has 1 rings (SSSR count). The first-order valence-corrected chi connectivity index (χ1v) is 8.18. The molecular formula is C16H34N2O. The van der Waals surface area contributed by atoms with Crippen molar-refractivity contribution in [3.8, 4) is 0 Å². The van der Waals surface area contributed by atoms with E-state index in [1.54, 1.807) is 0 Å². The highest BCUT2D eigenvalue weighted by molar-refractivity contribution is 4.73. The molecule has 0 saturated carbocycles. The van der Waals surface area contributed by atoms with Crippen LogP contribution >= 0.6 is 0 Å². The van der Waals surface area contributed by atoms with Gasteiger partial charge >= 0.3 is 0 Å². The highest BCUT2D eigenvalue weighted by atomic mass is 16.5. The highest BCUT2D eigenvalue weighted by Crippen LogP contribution is 2.11. The molecule has 0 aromatic carbocycles. The molecule has 0 amide bonds. The van der Waals surface area contributed by atoms with Crippen molar-refractivity contribution in [2.24, 2.45) is 5.92 Å². The van der Waals surface area contributed by atoms with Crippen molar-refractivity contribution in [3.63, 3.8) is 0 Å². The third-order valence-corrected chi connectivity index (χ3v) is 4.20. The molecule has 3 heteroatoms. The van der Waals surface area contributed by atoms with E-state index in [9.17, 15) is 0 Å². The summed E-state index contributed by atoms with van der Waals surface area (Å²) >= 11 is 0. The van der Waals surface area contributed by atoms with E-state index in [1.807, 2.05) is 0 Å². The number of unbranched alkanes of at least 4 members (excludes halogenated alkanes) is 1. The topological polar surface area (TPSA) is 15.7 Å². The van der Waals surface area contributed by atoms with E-state index in [-0.39, 0.29) is 0 Å². The van der Waals surface area contributed by atoms with E-state index in [0.29, 0.717) is 6.10 Å². The van der Waals surface area contributed by atoms with Gasteiger partial charge in [0.2, 0.25) is 0 Å². The predicted molar refractivity (Wildman–Crippen MR) is 82.7 cm³/mol. The molecule has 0 aromatic heterocycles. The van der Waals surface area contributed by atoms with Crippen LogP contribution in [0.3, 0.4) is 0 Å². The van der Waals surface area contributed by atoms with Gasteiger partial charge in [0.15, 0.2) is 0 Å². The van der Waals surface area contributed by atoms with Crippen LogP contribution in [-0.2, 0) is 4.74 Å². The maximum absolute atomic E-state index is 5.90. The minimum absolute atomic E-state index is 0.449. The molecule has 2 atom stereocenters. The fraction of sp³-hybridized carbons (Fsp3) is 1.00. The Morgan fingerprint density at radius 2 is 2.16 bits per heavy atom. The molecule has 0 spiro atoms. The Morgan fingerprint density at radius 1 is 1.37 bits per heavy atom. The van der Waals surface area contributed by atoms with Crippen LogP contribution in [-0.4, -0.2) is 62.3 Å². The van der Waals surface area contributed by atoms with Gasteiger partial charge in [0, 0.05) is 26.2 Å². The number of nitrogens with zero attached hydrogens (tertiary/aromatic N) is 2. The summed E-state index contributed by atoms with van der Waals surface area (Å²) in [5.74, 6) is 0.804. The Balaban J connectivity index is 2.17. The van der Waals surface area contributed by atoms with Crippen LogP contribution in [0.25, 0.3) is 0 Å². The zero-order valence-electron chi connectivity index (χ0n) is 13.5. The lowest BCUT2D eigenvalue weighted by Gasteiger charge is -2.33. The smallest absolute Gasteiger partial charge is 0.0714 e. The number of morpholine rings is 1. The van der Waals surface area contributed by atoms with Crippen molar-refractivity contribution >= 4 is 0 Å². The summed E-state index contributed by atoms with van der Waals surface area (Å²) < 4.78 is 5.90. The van der Waals surface area contributed by atoms with E-state index >= 15 is 0 Å². The fourth-order valence-corrected chi connectivity index (χ4v) is 2.66. The summed E-state index contributed by atoms with van der Waals surface area (Å²) in [6, 6.07) is 0. The number of rotatable bonds is 9. The number of hydrogen-bond acceptors (Lipinski definition) is 3. The van der Waals surface area contributed by atoms with E-state index in [4.69, 9.17) is 4.74 Å². The number of hydrogen-bond donors (Lipinski definition) is 0. The van der Waals surface area contributed by atoms with Gasteiger partial charge in [-0.25, -0.2) is 0 Å². The third kappa shape index (κ3) is 7.28. The minimum atomic E-state index is 0.449. The molecule has 1 aliphatic rings. The normalized spacial score (nSPS) is 22.9. The molecule has 19 heavy (non-hydrogen) atoms. The van der Waals surface area contributed by atoms with Crippen molar-refractivity contribution in [3.05, 3.63) is 0 Å². The number of ether oxygens (including phenoxy) is 1. The van der Waals surface area contributed by atoms with Crippen molar-refractivity contribution in [2.75, 3.05) is 46.4 Å². The maximum Gasteiger partial charge on any atom is 0.0714 e. The van der Waals surface area contributed by atoms with Crippen LogP contribution in [0.15, 0.2) is 0 Å². The molecule has 0 N–H and O–H groups in total. The van der Waals surface area contributed by atoms with Gasteiger partial charge in [0.1, 0.15) is 0 Å².